The van der Waals surface area contributed by atoms with Gasteiger partial charge in [0.1, 0.15) is 28.4 Å². The second kappa shape index (κ2) is 6.71. The number of esters is 1. The maximum atomic E-state index is 12.6. The fourth-order valence-electron chi connectivity index (χ4n) is 3.46. The monoisotopic (exact) mass is 334 g/mol. The topological polar surface area (TPSA) is 71.1 Å². The lowest BCUT2D eigenvalue weighted by molar-refractivity contribution is -0.145. The molecule has 0 saturated heterocycles. The Kier molecular flexibility index (Phi) is 4.64. The summed E-state index contributed by atoms with van der Waals surface area (Å²) in [7, 11) is 1.50. The van der Waals surface area contributed by atoms with E-state index in [-0.39, 0.29) is 12.4 Å². The van der Waals surface area contributed by atoms with Gasteiger partial charge in [0, 0.05) is 12.1 Å². The molecule has 1 aliphatic heterocycles. The molecule has 1 heterocycles. The van der Waals surface area contributed by atoms with Gasteiger partial charge in [-0.2, -0.15) is 0 Å². The molecular weight excluding hydrogens is 312 g/mol. The molecule has 1 saturated carbocycles. The SMILES string of the molecule is CCOC(=O)COc1cc(OC)c2c(c1)OC1(CCCC1)CC2=O. The average molecular weight is 334 g/mol. The van der Waals surface area contributed by atoms with E-state index in [9.17, 15) is 9.59 Å². The summed E-state index contributed by atoms with van der Waals surface area (Å²) in [5.41, 5.74) is 0.0630. The number of carbonyl (C=O) groups is 2. The molecule has 0 N–H and O–H groups in total. The minimum Gasteiger partial charge on any atom is -0.496 e. The lowest BCUT2D eigenvalue weighted by Gasteiger charge is -2.35. The van der Waals surface area contributed by atoms with Crippen molar-refractivity contribution in [2.45, 2.75) is 44.6 Å². The number of benzene rings is 1. The van der Waals surface area contributed by atoms with Gasteiger partial charge in [-0.15, -0.1) is 0 Å². The van der Waals surface area contributed by atoms with E-state index in [0.29, 0.717) is 35.8 Å². The fraction of sp³-hybridized carbons (Fsp3) is 0.556. The first-order chi connectivity index (χ1) is 11.6. The smallest absolute Gasteiger partial charge is 0.344 e. The first kappa shape index (κ1) is 16.6. The van der Waals surface area contributed by atoms with Crippen LogP contribution in [0, 0.1) is 0 Å². The quantitative estimate of drug-likeness (QED) is 0.771. The van der Waals surface area contributed by atoms with E-state index in [1.54, 1.807) is 19.1 Å². The Bertz CT molecular complexity index is 645. The summed E-state index contributed by atoms with van der Waals surface area (Å²) in [5.74, 6) is 0.891. The molecule has 1 aromatic rings. The Morgan fingerprint density at radius 1 is 1.29 bits per heavy atom. The van der Waals surface area contributed by atoms with Crippen LogP contribution in [0.3, 0.4) is 0 Å². The highest BCUT2D eigenvalue weighted by Crippen LogP contribution is 2.46. The number of hydrogen-bond donors (Lipinski definition) is 0. The van der Waals surface area contributed by atoms with Gasteiger partial charge < -0.3 is 18.9 Å². The summed E-state index contributed by atoms with van der Waals surface area (Å²) in [4.78, 5) is 24.1. The molecule has 0 amide bonds. The molecule has 0 radical (unpaired) electrons. The van der Waals surface area contributed by atoms with Gasteiger partial charge in [-0.1, -0.05) is 0 Å². The number of fused-ring (bicyclic) bond motifs is 1. The molecule has 1 aromatic carbocycles. The van der Waals surface area contributed by atoms with Crippen molar-refractivity contribution in [1.82, 2.24) is 0 Å². The Labute approximate surface area is 141 Å². The third kappa shape index (κ3) is 3.18. The van der Waals surface area contributed by atoms with E-state index in [4.69, 9.17) is 18.9 Å². The van der Waals surface area contributed by atoms with E-state index >= 15 is 0 Å². The average Bonchev–Trinajstić information content (AvgIpc) is 2.99. The summed E-state index contributed by atoms with van der Waals surface area (Å²) in [6.45, 7) is 1.84. The van der Waals surface area contributed by atoms with Crippen LogP contribution in [0.5, 0.6) is 17.2 Å². The number of methoxy groups -OCH3 is 1. The number of ether oxygens (including phenoxy) is 4. The van der Waals surface area contributed by atoms with Crippen molar-refractivity contribution in [3.05, 3.63) is 17.7 Å². The normalized spacial score (nSPS) is 18.0. The number of ketones is 1. The first-order valence-electron chi connectivity index (χ1n) is 8.29. The number of Topliss-reactive ketones (excluding diaryl/α,β-unsaturated/α-hetero) is 1. The molecule has 1 fully saturated rings. The number of rotatable bonds is 5. The van der Waals surface area contributed by atoms with Crippen LogP contribution in [0.2, 0.25) is 0 Å². The molecule has 0 aromatic heterocycles. The van der Waals surface area contributed by atoms with Gasteiger partial charge in [-0.3, -0.25) is 4.79 Å². The summed E-state index contributed by atoms with van der Waals surface area (Å²) in [6, 6.07) is 3.26. The molecule has 0 unspecified atom stereocenters. The molecule has 1 spiro atoms. The highest BCUT2D eigenvalue weighted by atomic mass is 16.6. The second-order valence-electron chi connectivity index (χ2n) is 6.18. The zero-order valence-electron chi connectivity index (χ0n) is 14.1. The van der Waals surface area contributed by atoms with E-state index in [2.05, 4.69) is 0 Å². The molecular formula is C18H22O6. The Balaban J connectivity index is 1.86. The summed E-state index contributed by atoms with van der Waals surface area (Å²) in [6.07, 6.45) is 4.29. The predicted molar refractivity (Wildman–Crippen MR) is 85.9 cm³/mol. The van der Waals surface area contributed by atoms with E-state index in [0.717, 1.165) is 25.7 Å². The van der Waals surface area contributed by atoms with Crippen LogP contribution in [0.15, 0.2) is 12.1 Å². The number of carbonyl (C=O) groups excluding carboxylic acids is 2. The van der Waals surface area contributed by atoms with Crippen molar-refractivity contribution in [2.24, 2.45) is 0 Å². The van der Waals surface area contributed by atoms with Crippen LogP contribution in [0.4, 0.5) is 0 Å². The van der Waals surface area contributed by atoms with E-state index in [1.165, 1.54) is 7.11 Å². The minimum absolute atomic E-state index is 0.0342. The summed E-state index contributed by atoms with van der Waals surface area (Å²) in [5, 5.41) is 0. The zero-order valence-corrected chi connectivity index (χ0v) is 14.1. The standard InChI is InChI=1S/C18H22O6/c1-3-22-16(20)11-23-12-8-14(21-2)17-13(19)10-18(6-4-5-7-18)24-15(17)9-12/h8-9H,3-7,10-11H2,1-2H3. The molecule has 3 rings (SSSR count). The molecule has 6 heteroatoms. The van der Waals surface area contributed by atoms with Crippen molar-refractivity contribution in [2.75, 3.05) is 20.3 Å². The third-order valence-corrected chi connectivity index (χ3v) is 4.52. The number of hydrogen-bond acceptors (Lipinski definition) is 6. The maximum Gasteiger partial charge on any atom is 0.344 e. The van der Waals surface area contributed by atoms with Crippen molar-refractivity contribution < 1.29 is 28.5 Å². The van der Waals surface area contributed by atoms with Crippen LogP contribution in [0.25, 0.3) is 0 Å². The van der Waals surface area contributed by atoms with Crippen molar-refractivity contribution >= 4 is 11.8 Å². The Hall–Kier alpha value is -2.24. The lowest BCUT2D eigenvalue weighted by Crippen LogP contribution is -2.39. The maximum absolute atomic E-state index is 12.6. The molecule has 130 valence electrons. The third-order valence-electron chi connectivity index (χ3n) is 4.52. The molecule has 24 heavy (non-hydrogen) atoms. The van der Waals surface area contributed by atoms with Crippen molar-refractivity contribution in [1.29, 1.82) is 0 Å². The molecule has 0 atom stereocenters. The minimum atomic E-state index is -0.446. The summed E-state index contributed by atoms with van der Waals surface area (Å²) >= 11 is 0. The van der Waals surface area contributed by atoms with E-state index in [1.807, 2.05) is 0 Å². The van der Waals surface area contributed by atoms with Crippen molar-refractivity contribution in [3.8, 4) is 17.2 Å². The van der Waals surface area contributed by atoms with Crippen LogP contribution >= 0.6 is 0 Å². The lowest BCUT2D eigenvalue weighted by atomic mass is 9.88. The van der Waals surface area contributed by atoms with Crippen LogP contribution in [-0.2, 0) is 9.53 Å². The van der Waals surface area contributed by atoms with Gasteiger partial charge in [0.2, 0.25) is 0 Å². The predicted octanol–water partition coefficient (Wildman–Crippen LogP) is 2.92. The molecule has 0 bridgehead atoms. The fourth-order valence-corrected chi connectivity index (χ4v) is 3.46. The van der Waals surface area contributed by atoms with Crippen LogP contribution in [0.1, 0.15) is 49.4 Å². The van der Waals surface area contributed by atoms with Crippen LogP contribution in [-0.4, -0.2) is 37.7 Å². The zero-order chi connectivity index (χ0) is 17.2. The molecule has 1 aliphatic carbocycles. The Morgan fingerprint density at radius 3 is 2.71 bits per heavy atom. The largest absolute Gasteiger partial charge is 0.496 e. The highest BCUT2D eigenvalue weighted by Gasteiger charge is 2.44. The van der Waals surface area contributed by atoms with E-state index < -0.39 is 11.6 Å². The molecule has 6 nitrogen and oxygen atoms in total. The van der Waals surface area contributed by atoms with Gasteiger partial charge >= 0.3 is 5.97 Å². The van der Waals surface area contributed by atoms with Gasteiger partial charge in [0.25, 0.3) is 0 Å². The first-order valence-corrected chi connectivity index (χ1v) is 8.29. The van der Waals surface area contributed by atoms with Gasteiger partial charge in [-0.05, 0) is 32.6 Å². The van der Waals surface area contributed by atoms with Gasteiger partial charge in [0.05, 0.1) is 20.1 Å². The van der Waals surface area contributed by atoms with Crippen molar-refractivity contribution in [3.63, 3.8) is 0 Å². The van der Waals surface area contributed by atoms with Crippen LogP contribution < -0.4 is 14.2 Å². The Morgan fingerprint density at radius 2 is 2.04 bits per heavy atom. The van der Waals surface area contributed by atoms with Gasteiger partial charge in [0.15, 0.2) is 12.4 Å². The molecule has 2 aliphatic rings. The van der Waals surface area contributed by atoms with Gasteiger partial charge in [-0.25, -0.2) is 4.79 Å². The highest BCUT2D eigenvalue weighted by molar-refractivity contribution is 6.03. The second-order valence-corrected chi connectivity index (χ2v) is 6.18. The summed E-state index contributed by atoms with van der Waals surface area (Å²) < 4.78 is 21.8.